The number of nitrogens with zero attached hydrogens (tertiary/aromatic N) is 3. The van der Waals surface area contributed by atoms with Crippen LogP contribution in [0.2, 0.25) is 0 Å². The normalized spacial score (nSPS) is 17.0. The lowest BCUT2D eigenvalue weighted by Gasteiger charge is -2.20. The van der Waals surface area contributed by atoms with E-state index in [0.717, 1.165) is 18.8 Å². The lowest BCUT2D eigenvalue weighted by molar-refractivity contribution is 0.296. The van der Waals surface area contributed by atoms with Crippen LogP contribution < -0.4 is 10.9 Å². The van der Waals surface area contributed by atoms with Gasteiger partial charge in [-0.05, 0) is 55.7 Å². The van der Waals surface area contributed by atoms with E-state index in [1.54, 1.807) is 6.20 Å². The Morgan fingerprint density at radius 2 is 1.95 bits per heavy atom. The van der Waals surface area contributed by atoms with Gasteiger partial charge in [-0.3, -0.25) is 4.79 Å². The molecular formula is C15H25BrN4O. The summed E-state index contributed by atoms with van der Waals surface area (Å²) in [5, 5.41) is 7.54. The molecule has 1 aromatic rings. The first kappa shape index (κ1) is 16.5. The number of aromatic nitrogens is 2. The van der Waals surface area contributed by atoms with Crippen LogP contribution in [0.3, 0.4) is 0 Å². The van der Waals surface area contributed by atoms with Gasteiger partial charge in [-0.25, -0.2) is 4.68 Å². The van der Waals surface area contributed by atoms with E-state index in [2.05, 4.69) is 31.2 Å². The monoisotopic (exact) mass is 356 g/mol. The molecule has 1 N–H and O–H groups in total. The van der Waals surface area contributed by atoms with Crippen molar-refractivity contribution in [3.05, 3.63) is 21.0 Å². The summed E-state index contributed by atoms with van der Waals surface area (Å²) in [6.45, 7) is 8.14. The number of anilines is 1. The first-order valence-electron chi connectivity index (χ1n) is 7.83. The van der Waals surface area contributed by atoms with Crippen molar-refractivity contribution in [1.29, 1.82) is 0 Å². The molecule has 0 aliphatic carbocycles. The number of nitrogens with one attached hydrogen (secondary N) is 1. The fourth-order valence-corrected chi connectivity index (χ4v) is 3.07. The van der Waals surface area contributed by atoms with Crippen molar-refractivity contribution in [2.24, 2.45) is 0 Å². The third-order valence-electron chi connectivity index (χ3n) is 3.87. The summed E-state index contributed by atoms with van der Waals surface area (Å²) in [6.07, 6.45) is 7.04. The van der Waals surface area contributed by atoms with Gasteiger partial charge in [0.2, 0.25) is 0 Å². The number of halogens is 1. The lowest BCUT2D eigenvalue weighted by Crippen LogP contribution is -2.31. The van der Waals surface area contributed by atoms with Crippen LogP contribution in [0, 0.1) is 0 Å². The minimum atomic E-state index is -0.0789. The minimum Gasteiger partial charge on any atom is -0.381 e. The first-order chi connectivity index (χ1) is 10.1. The van der Waals surface area contributed by atoms with Crippen molar-refractivity contribution < 1.29 is 0 Å². The zero-order valence-corrected chi connectivity index (χ0v) is 14.5. The predicted molar refractivity (Wildman–Crippen MR) is 90.0 cm³/mol. The lowest BCUT2D eigenvalue weighted by atomic mass is 10.2. The third-order valence-corrected chi connectivity index (χ3v) is 4.64. The van der Waals surface area contributed by atoms with Crippen molar-refractivity contribution in [3.8, 4) is 0 Å². The van der Waals surface area contributed by atoms with E-state index in [4.69, 9.17) is 0 Å². The molecule has 1 saturated heterocycles. The van der Waals surface area contributed by atoms with E-state index < -0.39 is 0 Å². The Hall–Kier alpha value is -0.880. The highest BCUT2D eigenvalue weighted by Gasteiger charge is 2.12. The Morgan fingerprint density at radius 1 is 1.29 bits per heavy atom. The molecule has 0 saturated carbocycles. The summed E-state index contributed by atoms with van der Waals surface area (Å²) in [7, 11) is 0. The smallest absolute Gasteiger partial charge is 0.283 e. The molecule has 2 rings (SSSR count). The summed E-state index contributed by atoms with van der Waals surface area (Å²) in [6, 6.07) is 0.0694. The van der Waals surface area contributed by atoms with E-state index in [9.17, 15) is 4.79 Å². The van der Waals surface area contributed by atoms with Crippen LogP contribution in [0.15, 0.2) is 15.5 Å². The van der Waals surface area contributed by atoms with Gasteiger partial charge in [0.1, 0.15) is 4.47 Å². The van der Waals surface area contributed by atoms with Gasteiger partial charge in [0, 0.05) is 13.1 Å². The highest BCUT2D eigenvalue weighted by Crippen LogP contribution is 2.17. The topological polar surface area (TPSA) is 50.2 Å². The predicted octanol–water partition coefficient (Wildman–Crippen LogP) is 2.87. The van der Waals surface area contributed by atoms with E-state index in [0.29, 0.717) is 4.47 Å². The van der Waals surface area contributed by atoms with Crippen molar-refractivity contribution >= 4 is 21.6 Å². The molecule has 2 heterocycles. The van der Waals surface area contributed by atoms with E-state index in [1.807, 2.05) is 13.8 Å². The van der Waals surface area contributed by atoms with Crippen LogP contribution in [0.5, 0.6) is 0 Å². The Balaban J connectivity index is 1.91. The maximum absolute atomic E-state index is 12.1. The molecule has 0 amide bonds. The van der Waals surface area contributed by atoms with Gasteiger partial charge >= 0.3 is 0 Å². The van der Waals surface area contributed by atoms with Crippen LogP contribution >= 0.6 is 15.9 Å². The molecule has 0 bridgehead atoms. The highest BCUT2D eigenvalue weighted by atomic mass is 79.9. The molecule has 1 aliphatic heterocycles. The Morgan fingerprint density at radius 3 is 2.57 bits per heavy atom. The third kappa shape index (κ3) is 4.54. The molecule has 0 unspecified atom stereocenters. The molecule has 0 radical (unpaired) electrons. The molecule has 21 heavy (non-hydrogen) atoms. The molecule has 0 spiro atoms. The molecule has 0 atom stereocenters. The number of rotatable bonds is 5. The maximum Gasteiger partial charge on any atom is 0.283 e. The number of likely N-dealkylation sites (tertiary alicyclic amines) is 1. The second kappa shape index (κ2) is 7.94. The van der Waals surface area contributed by atoms with Crippen LogP contribution in [0.4, 0.5) is 5.69 Å². The van der Waals surface area contributed by atoms with Crippen LogP contribution in [-0.4, -0.2) is 40.9 Å². The molecule has 118 valence electrons. The highest BCUT2D eigenvalue weighted by molar-refractivity contribution is 9.10. The van der Waals surface area contributed by atoms with E-state index in [1.165, 1.54) is 43.5 Å². The van der Waals surface area contributed by atoms with Crippen LogP contribution in [0.25, 0.3) is 0 Å². The van der Waals surface area contributed by atoms with Gasteiger partial charge in [-0.1, -0.05) is 12.8 Å². The van der Waals surface area contributed by atoms with Gasteiger partial charge in [0.25, 0.3) is 5.56 Å². The van der Waals surface area contributed by atoms with Gasteiger partial charge in [-0.15, -0.1) is 0 Å². The summed E-state index contributed by atoms with van der Waals surface area (Å²) in [5.41, 5.74) is 0.705. The summed E-state index contributed by atoms with van der Waals surface area (Å²) < 4.78 is 2.06. The maximum atomic E-state index is 12.1. The number of hydrogen-bond donors (Lipinski definition) is 1. The van der Waals surface area contributed by atoms with Crippen LogP contribution in [0.1, 0.15) is 45.6 Å². The standard InChI is InChI=1S/C15H25BrN4O/c1-12(2)20-15(21)14(16)13(11-18-20)17-7-10-19-8-5-3-4-6-9-19/h11-12,17H,3-10H2,1-2H3. The second-order valence-electron chi connectivity index (χ2n) is 5.90. The van der Waals surface area contributed by atoms with Gasteiger partial charge in [0.15, 0.2) is 0 Å². The van der Waals surface area contributed by atoms with Crippen molar-refractivity contribution in [1.82, 2.24) is 14.7 Å². The summed E-state index contributed by atoms with van der Waals surface area (Å²) in [5.74, 6) is 0. The molecule has 1 aliphatic rings. The summed E-state index contributed by atoms with van der Waals surface area (Å²) in [4.78, 5) is 14.6. The van der Waals surface area contributed by atoms with Gasteiger partial charge < -0.3 is 10.2 Å². The Kier molecular flexibility index (Phi) is 6.23. The Bertz CT molecular complexity index is 507. The van der Waals surface area contributed by atoms with Gasteiger partial charge in [0.05, 0.1) is 17.9 Å². The average Bonchev–Trinajstić information content (AvgIpc) is 2.72. The SMILES string of the molecule is CC(C)n1ncc(NCCN2CCCCCC2)c(Br)c1=O. The molecular weight excluding hydrogens is 332 g/mol. The zero-order valence-electron chi connectivity index (χ0n) is 12.9. The molecule has 5 nitrogen and oxygen atoms in total. The fourth-order valence-electron chi connectivity index (χ4n) is 2.64. The Labute approximate surface area is 134 Å². The van der Waals surface area contributed by atoms with Crippen molar-refractivity contribution in [2.45, 2.75) is 45.6 Å². The van der Waals surface area contributed by atoms with E-state index in [-0.39, 0.29) is 11.6 Å². The molecule has 6 heteroatoms. The number of hydrogen-bond acceptors (Lipinski definition) is 4. The fraction of sp³-hybridized carbons (Fsp3) is 0.733. The second-order valence-corrected chi connectivity index (χ2v) is 6.69. The van der Waals surface area contributed by atoms with Crippen molar-refractivity contribution in [2.75, 3.05) is 31.5 Å². The van der Waals surface area contributed by atoms with Gasteiger partial charge in [-0.2, -0.15) is 5.10 Å². The first-order valence-corrected chi connectivity index (χ1v) is 8.62. The molecule has 1 fully saturated rings. The van der Waals surface area contributed by atoms with Crippen LogP contribution in [-0.2, 0) is 0 Å². The minimum absolute atomic E-state index is 0.0694. The molecule has 1 aromatic heterocycles. The van der Waals surface area contributed by atoms with E-state index >= 15 is 0 Å². The molecule has 0 aromatic carbocycles. The largest absolute Gasteiger partial charge is 0.381 e. The quantitative estimate of drug-likeness (QED) is 0.881. The summed E-state index contributed by atoms with van der Waals surface area (Å²) >= 11 is 3.39. The zero-order chi connectivity index (χ0) is 15.2. The van der Waals surface area contributed by atoms with Crippen molar-refractivity contribution in [3.63, 3.8) is 0 Å². The average molecular weight is 357 g/mol.